The molecule has 0 aliphatic carbocycles. The average molecular weight is 381 g/mol. The Balaban J connectivity index is 2.05. The number of nitro benzene ring substituents is 1. The topological polar surface area (TPSA) is 83.8 Å². The Morgan fingerprint density at radius 3 is 2.16 bits per heavy atom. The number of alkyl halides is 3. The van der Waals surface area contributed by atoms with Crippen molar-refractivity contribution in [3.63, 3.8) is 0 Å². The zero-order valence-electron chi connectivity index (χ0n) is 13.4. The molecule has 0 aromatic heterocycles. The Morgan fingerprint density at radius 1 is 1.24 bits per heavy atom. The highest BCUT2D eigenvalue weighted by atomic mass is 32.2. The number of halogens is 3. The lowest BCUT2D eigenvalue weighted by Crippen LogP contribution is -2.50. The van der Waals surface area contributed by atoms with Crippen LogP contribution in [0.3, 0.4) is 0 Å². The van der Waals surface area contributed by atoms with Gasteiger partial charge in [-0.15, -0.1) is 0 Å². The summed E-state index contributed by atoms with van der Waals surface area (Å²) in [4.78, 5) is 12.0. The summed E-state index contributed by atoms with van der Waals surface area (Å²) in [5, 5.41) is 10.7. The van der Waals surface area contributed by atoms with Gasteiger partial charge < -0.3 is 4.90 Å². The maximum atomic E-state index is 12.7. The molecule has 0 spiro atoms. The van der Waals surface area contributed by atoms with E-state index < -0.39 is 33.7 Å². The van der Waals surface area contributed by atoms with Gasteiger partial charge in [0.05, 0.1) is 11.2 Å². The van der Waals surface area contributed by atoms with Gasteiger partial charge in [0.15, 0.2) is 0 Å². The van der Waals surface area contributed by atoms with Crippen molar-refractivity contribution < 1.29 is 26.5 Å². The van der Waals surface area contributed by atoms with E-state index >= 15 is 0 Å². The van der Waals surface area contributed by atoms with Crippen LogP contribution < -0.4 is 4.90 Å². The minimum absolute atomic E-state index is 0.0490. The summed E-state index contributed by atoms with van der Waals surface area (Å²) in [7, 11) is -3.98. The van der Waals surface area contributed by atoms with Crippen LogP contribution in [0.5, 0.6) is 0 Å². The summed E-state index contributed by atoms with van der Waals surface area (Å²) in [6.07, 6.45) is -3.32. The van der Waals surface area contributed by atoms with Crippen LogP contribution in [0.15, 0.2) is 24.3 Å². The smallest absolute Gasteiger partial charge is 0.371 e. The second kappa shape index (κ2) is 7.16. The number of nitro groups is 1. The van der Waals surface area contributed by atoms with Gasteiger partial charge in [-0.1, -0.05) is 0 Å². The van der Waals surface area contributed by atoms with Crippen LogP contribution in [-0.2, 0) is 10.0 Å². The number of anilines is 1. The maximum absolute atomic E-state index is 12.7. The molecule has 25 heavy (non-hydrogen) atoms. The van der Waals surface area contributed by atoms with Gasteiger partial charge in [0.1, 0.15) is 6.54 Å². The number of rotatable bonds is 5. The van der Waals surface area contributed by atoms with Crippen LogP contribution in [0.25, 0.3) is 0 Å². The largest absolute Gasteiger partial charge is 0.402 e. The number of piperidine rings is 1. The van der Waals surface area contributed by atoms with Crippen molar-refractivity contribution in [2.45, 2.75) is 25.1 Å². The molecule has 1 aromatic rings. The highest BCUT2D eigenvalue weighted by molar-refractivity contribution is 7.88. The lowest BCUT2D eigenvalue weighted by atomic mass is 10.0. The van der Waals surface area contributed by atoms with Crippen LogP contribution in [0.1, 0.15) is 12.8 Å². The van der Waals surface area contributed by atoms with E-state index in [9.17, 15) is 31.7 Å². The summed E-state index contributed by atoms with van der Waals surface area (Å²) < 4.78 is 61.9. The fourth-order valence-electron chi connectivity index (χ4n) is 2.89. The molecule has 11 heteroatoms. The van der Waals surface area contributed by atoms with Crippen molar-refractivity contribution in [2.24, 2.45) is 0 Å². The monoisotopic (exact) mass is 381 g/mol. The van der Waals surface area contributed by atoms with E-state index in [0.717, 1.165) is 6.26 Å². The minimum atomic E-state index is -4.60. The zero-order chi connectivity index (χ0) is 18.8. The molecule has 140 valence electrons. The predicted molar refractivity (Wildman–Crippen MR) is 85.9 cm³/mol. The number of nitrogens with zero attached hydrogens (tertiary/aromatic N) is 3. The van der Waals surface area contributed by atoms with Gasteiger partial charge in [-0.05, 0) is 25.0 Å². The SMILES string of the molecule is CS(=O)(=O)N(CC(F)(F)F)C1CCN(c2ccc([N+](=O)[O-])cc2)CC1. The van der Waals surface area contributed by atoms with Gasteiger partial charge in [-0.25, -0.2) is 8.42 Å². The van der Waals surface area contributed by atoms with E-state index in [0.29, 0.717) is 23.1 Å². The Kier molecular flexibility index (Phi) is 5.57. The summed E-state index contributed by atoms with van der Waals surface area (Å²) in [5.74, 6) is 0. The van der Waals surface area contributed by atoms with Crippen LogP contribution in [0.2, 0.25) is 0 Å². The van der Waals surface area contributed by atoms with E-state index in [1.54, 1.807) is 12.1 Å². The first-order valence-corrected chi connectivity index (χ1v) is 9.35. The number of sulfonamides is 1. The highest BCUT2D eigenvalue weighted by Crippen LogP contribution is 2.28. The Hall–Kier alpha value is -1.88. The second-order valence-electron chi connectivity index (χ2n) is 5.92. The Labute approximate surface area is 143 Å². The van der Waals surface area contributed by atoms with Gasteiger partial charge in [0.2, 0.25) is 10.0 Å². The van der Waals surface area contributed by atoms with Crippen molar-refractivity contribution in [3.8, 4) is 0 Å². The number of non-ortho nitro benzene ring substituents is 1. The van der Waals surface area contributed by atoms with E-state index in [2.05, 4.69) is 0 Å². The molecule has 1 fully saturated rings. The second-order valence-corrected chi connectivity index (χ2v) is 7.85. The fourth-order valence-corrected chi connectivity index (χ4v) is 4.02. The lowest BCUT2D eigenvalue weighted by Gasteiger charge is -2.38. The van der Waals surface area contributed by atoms with E-state index in [1.807, 2.05) is 4.90 Å². The maximum Gasteiger partial charge on any atom is 0.402 e. The van der Waals surface area contributed by atoms with E-state index in [4.69, 9.17) is 0 Å². The molecule has 1 saturated heterocycles. The molecule has 1 aliphatic rings. The van der Waals surface area contributed by atoms with Crippen molar-refractivity contribution in [2.75, 3.05) is 30.8 Å². The van der Waals surface area contributed by atoms with Gasteiger partial charge in [0, 0.05) is 37.0 Å². The molecular formula is C14H18F3N3O4S. The third-order valence-electron chi connectivity index (χ3n) is 4.06. The van der Waals surface area contributed by atoms with Gasteiger partial charge >= 0.3 is 6.18 Å². The van der Waals surface area contributed by atoms with Gasteiger partial charge in [-0.3, -0.25) is 10.1 Å². The minimum Gasteiger partial charge on any atom is -0.371 e. The standard InChI is InChI=1S/C14H18F3N3O4S/c1-25(23,24)19(10-14(15,16)17)12-6-8-18(9-7-12)11-2-4-13(5-3-11)20(21)22/h2-5,12H,6-10H2,1H3. The third-order valence-corrected chi connectivity index (χ3v) is 5.34. The molecule has 0 N–H and O–H groups in total. The number of benzene rings is 1. The first-order chi connectivity index (χ1) is 11.5. The molecule has 0 amide bonds. The molecule has 0 unspecified atom stereocenters. The Morgan fingerprint density at radius 2 is 1.76 bits per heavy atom. The van der Waals surface area contributed by atoms with Crippen molar-refractivity contribution >= 4 is 21.4 Å². The molecule has 2 rings (SSSR count). The zero-order valence-corrected chi connectivity index (χ0v) is 14.3. The van der Waals surface area contributed by atoms with Gasteiger partial charge in [0.25, 0.3) is 5.69 Å². The molecule has 0 saturated carbocycles. The molecule has 0 bridgehead atoms. The summed E-state index contributed by atoms with van der Waals surface area (Å²) >= 11 is 0. The molecule has 7 nitrogen and oxygen atoms in total. The molecule has 1 heterocycles. The molecule has 0 radical (unpaired) electrons. The summed E-state index contributed by atoms with van der Waals surface area (Å²) in [6, 6.07) is 5.14. The normalized spacial score (nSPS) is 17.1. The molecule has 1 aliphatic heterocycles. The average Bonchev–Trinajstić information content (AvgIpc) is 2.51. The predicted octanol–water partition coefficient (Wildman–Crippen LogP) is 2.39. The van der Waals surface area contributed by atoms with Crippen LogP contribution in [-0.4, -0.2) is 55.8 Å². The first kappa shape index (κ1) is 19.4. The van der Waals surface area contributed by atoms with Crippen molar-refractivity contribution in [3.05, 3.63) is 34.4 Å². The summed E-state index contributed by atoms with van der Waals surface area (Å²) in [5.41, 5.74) is 0.665. The van der Waals surface area contributed by atoms with Crippen LogP contribution in [0.4, 0.5) is 24.5 Å². The summed E-state index contributed by atoms with van der Waals surface area (Å²) in [6.45, 7) is -0.757. The number of hydrogen-bond acceptors (Lipinski definition) is 5. The fraction of sp³-hybridized carbons (Fsp3) is 0.571. The lowest BCUT2D eigenvalue weighted by molar-refractivity contribution is -0.384. The molecule has 1 aromatic carbocycles. The van der Waals surface area contributed by atoms with Crippen LogP contribution in [0, 0.1) is 10.1 Å². The molecular weight excluding hydrogens is 363 g/mol. The van der Waals surface area contributed by atoms with Crippen molar-refractivity contribution in [1.82, 2.24) is 4.31 Å². The van der Waals surface area contributed by atoms with Gasteiger partial charge in [-0.2, -0.15) is 17.5 Å². The van der Waals surface area contributed by atoms with E-state index in [1.165, 1.54) is 12.1 Å². The first-order valence-electron chi connectivity index (χ1n) is 7.50. The Bertz CT molecular complexity index is 714. The number of hydrogen-bond donors (Lipinski definition) is 0. The van der Waals surface area contributed by atoms with Crippen molar-refractivity contribution in [1.29, 1.82) is 0 Å². The van der Waals surface area contributed by atoms with E-state index in [-0.39, 0.29) is 18.5 Å². The quantitative estimate of drug-likeness (QED) is 0.578. The molecule has 0 atom stereocenters. The third kappa shape index (κ3) is 5.30. The van der Waals surface area contributed by atoms with Crippen LogP contribution >= 0.6 is 0 Å². The highest BCUT2D eigenvalue weighted by Gasteiger charge is 2.39.